The van der Waals surface area contributed by atoms with Crippen LogP contribution < -0.4 is 0 Å². The van der Waals surface area contributed by atoms with Gasteiger partial charge in [-0.3, -0.25) is 14.4 Å². The number of nitrogens with zero attached hydrogens (tertiary/aromatic N) is 1. The third-order valence-corrected chi connectivity index (χ3v) is 7.38. The topological polar surface area (TPSA) is 63.7 Å². The van der Waals surface area contributed by atoms with E-state index in [1.54, 1.807) is 18.3 Å². The van der Waals surface area contributed by atoms with Gasteiger partial charge in [0.05, 0.1) is 12.5 Å². The number of Topliss-reactive ketones (excluding diaryl/α,β-unsaturated/α-hetero) is 2. The zero-order valence-electron chi connectivity index (χ0n) is 19.0. The summed E-state index contributed by atoms with van der Waals surface area (Å²) in [4.78, 5) is 42.5. The summed E-state index contributed by atoms with van der Waals surface area (Å²) in [5.74, 6) is -0.483. The van der Waals surface area contributed by atoms with Crippen molar-refractivity contribution in [2.75, 3.05) is 13.2 Å². The highest BCUT2D eigenvalue weighted by Crippen LogP contribution is 2.54. The highest BCUT2D eigenvalue weighted by atomic mass is 32.1. The number of esters is 1. The van der Waals surface area contributed by atoms with E-state index in [9.17, 15) is 14.4 Å². The van der Waals surface area contributed by atoms with E-state index < -0.39 is 0 Å². The first-order chi connectivity index (χ1) is 14.5. The van der Waals surface area contributed by atoms with Crippen LogP contribution in [0.5, 0.6) is 0 Å². The normalized spacial score (nSPS) is 23.1. The monoisotopic (exact) mass is 441 g/mol. The van der Waals surface area contributed by atoms with E-state index in [4.69, 9.17) is 4.74 Å². The minimum Gasteiger partial charge on any atom is -0.465 e. The van der Waals surface area contributed by atoms with Crippen molar-refractivity contribution < 1.29 is 19.1 Å². The van der Waals surface area contributed by atoms with Gasteiger partial charge in [0.25, 0.3) is 0 Å². The number of carbonyl (C=O) groups is 3. The minimum absolute atomic E-state index is 0.0371. The van der Waals surface area contributed by atoms with Gasteiger partial charge in [-0.05, 0) is 42.0 Å². The average Bonchev–Trinajstić information content (AvgIpc) is 3.15. The van der Waals surface area contributed by atoms with E-state index >= 15 is 0 Å². The second-order valence-electron chi connectivity index (χ2n) is 10.4. The molecule has 4 rings (SSSR count). The molecule has 1 aromatic heterocycles. The van der Waals surface area contributed by atoms with E-state index in [2.05, 4.69) is 27.7 Å². The van der Waals surface area contributed by atoms with Crippen LogP contribution in [0.4, 0.5) is 0 Å². The van der Waals surface area contributed by atoms with Crippen LogP contribution in [0.15, 0.2) is 40.1 Å². The summed E-state index contributed by atoms with van der Waals surface area (Å²) in [6.45, 7) is 10.5. The summed E-state index contributed by atoms with van der Waals surface area (Å²) < 4.78 is 5.27. The SMILES string of the molecule is CCOC(=O)CN1C2=C(C(=O)CC(C)(C)C2)C(c2cccs2)C2=C1CC(C)(C)CC2=O. The summed E-state index contributed by atoms with van der Waals surface area (Å²) in [7, 11) is 0. The highest BCUT2D eigenvalue weighted by Gasteiger charge is 2.49. The van der Waals surface area contributed by atoms with Crippen LogP contribution in [0.25, 0.3) is 0 Å². The van der Waals surface area contributed by atoms with Gasteiger partial charge in [0.1, 0.15) is 6.54 Å². The van der Waals surface area contributed by atoms with E-state index in [1.807, 2.05) is 22.4 Å². The molecule has 0 atom stereocenters. The molecule has 0 saturated carbocycles. The number of thiophene rings is 1. The molecular weight excluding hydrogens is 410 g/mol. The molecule has 166 valence electrons. The number of rotatable bonds is 4. The number of hydrogen-bond donors (Lipinski definition) is 0. The smallest absolute Gasteiger partial charge is 0.325 e. The number of allylic oxidation sites excluding steroid dienone is 4. The molecule has 0 aromatic carbocycles. The van der Waals surface area contributed by atoms with E-state index in [0.29, 0.717) is 43.4 Å². The van der Waals surface area contributed by atoms with Crippen molar-refractivity contribution in [1.29, 1.82) is 0 Å². The molecule has 1 aliphatic heterocycles. The van der Waals surface area contributed by atoms with Crippen molar-refractivity contribution in [3.8, 4) is 0 Å². The Hall–Kier alpha value is -2.21. The van der Waals surface area contributed by atoms with Crippen molar-refractivity contribution in [2.45, 2.75) is 66.2 Å². The molecule has 0 spiro atoms. The zero-order chi connectivity index (χ0) is 22.6. The molecule has 2 heterocycles. The van der Waals surface area contributed by atoms with Gasteiger partial charge in [0.15, 0.2) is 11.6 Å². The first-order valence-corrected chi connectivity index (χ1v) is 11.9. The van der Waals surface area contributed by atoms with Crippen LogP contribution in [-0.2, 0) is 19.1 Å². The van der Waals surface area contributed by atoms with Crippen LogP contribution in [-0.4, -0.2) is 35.6 Å². The van der Waals surface area contributed by atoms with Gasteiger partial charge in [-0.2, -0.15) is 0 Å². The Kier molecular flexibility index (Phi) is 5.49. The molecule has 3 aliphatic rings. The summed E-state index contributed by atoms with van der Waals surface area (Å²) >= 11 is 1.59. The second kappa shape index (κ2) is 7.73. The molecule has 0 unspecified atom stereocenters. The Balaban J connectivity index is 1.94. The summed E-state index contributed by atoms with van der Waals surface area (Å²) in [5, 5.41) is 2.00. The van der Waals surface area contributed by atoms with Crippen molar-refractivity contribution in [3.05, 3.63) is 44.9 Å². The Morgan fingerprint density at radius 2 is 1.58 bits per heavy atom. The lowest BCUT2D eigenvalue weighted by atomic mass is 9.64. The maximum absolute atomic E-state index is 13.5. The van der Waals surface area contributed by atoms with Crippen LogP contribution in [0.1, 0.15) is 71.1 Å². The molecule has 0 N–H and O–H groups in total. The maximum Gasteiger partial charge on any atom is 0.325 e. The van der Waals surface area contributed by atoms with Crippen LogP contribution >= 0.6 is 11.3 Å². The molecule has 1 aromatic rings. The van der Waals surface area contributed by atoms with E-state index in [-0.39, 0.29) is 40.8 Å². The van der Waals surface area contributed by atoms with Crippen molar-refractivity contribution in [3.63, 3.8) is 0 Å². The average molecular weight is 442 g/mol. The number of ether oxygens (including phenoxy) is 1. The van der Waals surface area contributed by atoms with Gasteiger partial charge in [-0.15, -0.1) is 11.3 Å². The summed E-state index contributed by atoms with van der Waals surface area (Å²) in [6, 6.07) is 3.99. The highest BCUT2D eigenvalue weighted by molar-refractivity contribution is 7.10. The fourth-order valence-electron chi connectivity index (χ4n) is 5.31. The molecule has 5 nitrogen and oxygen atoms in total. The number of ketones is 2. The number of hydrogen-bond acceptors (Lipinski definition) is 6. The fraction of sp³-hybridized carbons (Fsp3) is 0.560. The third-order valence-electron chi connectivity index (χ3n) is 6.44. The molecular formula is C25H31NO4S. The van der Waals surface area contributed by atoms with Gasteiger partial charge in [0.2, 0.25) is 0 Å². The Morgan fingerprint density at radius 1 is 1.03 bits per heavy atom. The molecule has 0 radical (unpaired) electrons. The number of carbonyl (C=O) groups excluding carboxylic acids is 3. The summed E-state index contributed by atoms with van der Waals surface area (Å²) in [6.07, 6.45) is 2.29. The van der Waals surface area contributed by atoms with Crippen molar-refractivity contribution in [2.24, 2.45) is 10.8 Å². The standard InChI is InChI=1S/C25H31NO4S/c1-6-30-20(29)14-26-15-10-24(2,3)12-17(27)21(15)23(19-8-7-9-31-19)22-16(26)11-25(4,5)13-18(22)28/h7-9,23H,6,10-14H2,1-5H3. The second-order valence-corrected chi connectivity index (χ2v) is 11.4. The van der Waals surface area contributed by atoms with Crippen LogP contribution in [0.3, 0.4) is 0 Å². The van der Waals surface area contributed by atoms with Crippen LogP contribution in [0.2, 0.25) is 0 Å². The van der Waals surface area contributed by atoms with Crippen molar-refractivity contribution in [1.82, 2.24) is 4.90 Å². The molecule has 0 bridgehead atoms. The zero-order valence-corrected chi connectivity index (χ0v) is 19.9. The van der Waals surface area contributed by atoms with Gasteiger partial charge in [-0.1, -0.05) is 33.8 Å². The molecule has 2 aliphatic carbocycles. The fourth-order valence-corrected chi connectivity index (χ4v) is 6.16. The van der Waals surface area contributed by atoms with Gasteiger partial charge in [-0.25, -0.2) is 0 Å². The molecule has 0 fully saturated rings. The third kappa shape index (κ3) is 4.02. The van der Waals surface area contributed by atoms with E-state index in [1.165, 1.54) is 0 Å². The lowest BCUT2D eigenvalue weighted by molar-refractivity contribution is -0.144. The maximum atomic E-state index is 13.5. The molecule has 0 amide bonds. The first-order valence-electron chi connectivity index (χ1n) is 11.0. The predicted molar refractivity (Wildman–Crippen MR) is 120 cm³/mol. The Labute approximate surface area is 188 Å². The summed E-state index contributed by atoms with van der Waals surface area (Å²) in [5.41, 5.74) is 2.81. The van der Waals surface area contributed by atoms with Gasteiger partial charge < -0.3 is 9.64 Å². The Bertz CT molecular complexity index is 943. The van der Waals surface area contributed by atoms with Crippen molar-refractivity contribution >= 4 is 28.9 Å². The molecule has 0 saturated heterocycles. The lowest BCUT2D eigenvalue weighted by Crippen LogP contribution is -2.46. The lowest BCUT2D eigenvalue weighted by Gasteiger charge is -2.48. The van der Waals surface area contributed by atoms with E-state index in [0.717, 1.165) is 16.3 Å². The quantitative estimate of drug-likeness (QED) is 0.616. The van der Waals surface area contributed by atoms with Crippen LogP contribution in [0, 0.1) is 10.8 Å². The molecule has 31 heavy (non-hydrogen) atoms. The van der Waals surface area contributed by atoms with Gasteiger partial charge >= 0.3 is 5.97 Å². The first kappa shape index (κ1) is 22.0. The van der Waals surface area contributed by atoms with Gasteiger partial charge in [0, 0.05) is 40.3 Å². The Morgan fingerprint density at radius 3 is 2.03 bits per heavy atom. The predicted octanol–water partition coefficient (Wildman–Crippen LogP) is 5.00. The molecule has 6 heteroatoms. The minimum atomic E-state index is -0.331. The largest absolute Gasteiger partial charge is 0.465 e.